The molecule has 1 unspecified atom stereocenters. The van der Waals surface area contributed by atoms with Crippen molar-refractivity contribution < 1.29 is 9.59 Å². The zero-order valence-electron chi connectivity index (χ0n) is 19.0. The first-order valence-corrected chi connectivity index (χ1v) is 11.9. The lowest BCUT2D eigenvalue weighted by molar-refractivity contribution is -0.119. The van der Waals surface area contributed by atoms with Crippen LogP contribution >= 0.6 is 11.3 Å². The molecular formula is C24H28N6O2S. The molecule has 2 aromatic carbocycles. The van der Waals surface area contributed by atoms with Crippen molar-refractivity contribution in [3.63, 3.8) is 0 Å². The molecule has 3 amide bonds. The number of benzene rings is 2. The molecule has 1 aliphatic heterocycles. The molecule has 8 nitrogen and oxygen atoms in total. The average Bonchev–Trinajstić information content (AvgIpc) is 3.49. The van der Waals surface area contributed by atoms with Gasteiger partial charge in [-0.05, 0) is 55.2 Å². The summed E-state index contributed by atoms with van der Waals surface area (Å²) in [5.74, 6) is -0.239. The van der Waals surface area contributed by atoms with Crippen LogP contribution in [0.1, 0.15) is 25.3 Å². The van der Waals surface area contributed by atoms with E-state index in [9.17, 15) is 9.59 Å². The first kappa shape index (κ1) is 22.7. The second-order valence-corrected chi connectivity index (χ2v) is 9.11. The molecule has 0 saturated carbocycles. The van der Waals surface area contributed by atoms with Gasteiger partial charge in [-0.3, -0.25) is 10.1 Å². The fraction of sp³-hybridized carbons (Fsp3) is 0.333. The quantitative estimate of drug-likeness (QED) is 0.562. The number of aromatic nitrogens is 2. The van der Waals surface area contributed by atoms with Gasteiger partial charge >= 0.3 is 6.03 Å². The summed E-state index contributed by atoms with van der Waals surface area (Å²) in [6.45, 7) is 2.59. The van der Waals surface area contributed by atoms with Gasteiger partial charge in [-0.15, -0.1) is 10.2 Å². The summed E-state index contributed by atoms with van der Waals surface area (Å²) in [4.78, 5) is 29.5. The van der Waals surface area contributed by atoms with Gasteiger partial charge in [0.15, 0.2) is 0 Å². The zero-order chi connectivity index (χ0) is 23.4. The molecule has 2 N–H and O–H groups in total. The van der Waals surface area contributed by atoms with E-state index in [4.69, 9.17) is 0 Å². The number of anilines is 3. The summed E-state index contributed by atoms with van der Waals surface area (Å²) in [6.07, 6.45) is 2.21. The third kappa shape index (κ3) is 5.14. The Hall–Kier alpha value is -3.46. The van der Waals surface area contributed by atoms with Crippen molar-refractivity contribution in [2.75, 3.05) is 36.2 Å². The maximum atomic E-state index is 13.0. The molecular weight excluding hydrogens is 436 g/mol. The number of carbonyl (C=O) groups excluding carboxylic acids is 2. The zero-order valence-corrected chi connectivity index (χ0v) is 19.9. The standard InChI is InChI=1S/C24H28N6O2S/c1-4-16-8-5-6-9-19(16)25-24(32)30-15-7-10-20(30)21(31)26-23-28-27-22(33-23)17-11-13-18(14-12-17)29(2)3/h5-6,8-9,11-14,20H,4,7,10,15H2,1-3H3,(H,25,32)(H,26,28,31). The average molecular weight is 465 g/mol. The van der Waals surface area contributed by atoms with E-state index in [2.05, 4.69) is 20.8 Å². The lowest BCUT2D eigenvalue weighted by Crippen LogP contribution is -2.45. The first-order chi connectivity index (χ1) is 16.0. The molecule has 0 aliphatic carbocycles. The number of rotatable bonds is 6. The summed E-state index contributed by atoms with van der Waals surface area (Å²) in [5, 5.41) is 15.3. The highest BCUT2D eigenvalue weighted by Crippen LogP contribution is 2.29. The van der Waals surface area contributed by atoms with Gasteiger partial charge in [-0.1, -0.05) is 36.5 Å². The molecule has 1 aliphatic rings. The predicted molar refractivity (Wildman–Crippen MR) is 133 cm³/mol. The highest BCUT2D eigenvalue weighted by atomic mass is 32.1. The second kappa shape index (κ2) is 9.99. The maximum absolute atomic E-state index is 13.0. The van der Waals surface area contributed by atoms with Crippen LogP contribution in [0.25, 0.3) is 10.6 Å². The minimum atomic E-state index is -0.537. The Kier molecular flexibility index (Phi) is 6.88. The monoisotopic (exact) mass is 464 g/mol. The van der Waals surface area contributed by atoms with E-state index >= 15 is 0 Å². The van der Waals surface area contributed by atoms with Crippen LogP contribution in [-0.2, 0) is 11.2 Å². The second-order valence-electron chi connectivity index (χ2n) is 8.14. The SMILES string of the molecule is CCc1ccccc1NC(=O)N1CCCC1C(=O)Nc1nnc(-c2ccc(N(C)C)cc2)s1. The minimum absolute atomic E-state index is 0.239. The predicted octanol–water partition coefficient (Wildman–Crippen LogP) is 4.47. The lowest BCUT2D eigenvalue weighted by atomic mass is 10.1. The van der Waals surface area contributed by atoms with E-state index in [0.29, 0.717) is 18.1 Å². The van der Waals surface area contributed by atoms with E-state index in [1.807, 2.05) is 74.4 Å². The fourth-order valence-electron chi connectivity index (χ4n) is 3.90. The maximum Gasteiger partial charge on any atom is 0.322 e. The van der Waals surface area contributed by atoms with Gasteiger partial charge in [-0.2, -0.15) is 0 Å². The Morgan fingerprint density at radius 1 is 1.09 bits per heavy atom. The molecule has 3 aromatic rings. The summed E-state index contributed by atoms with van der Waals surface area (Å²) in [6, 6.07) is 14.9. The van der Waals surface area contributed by atoms with Crippen LogP contribution < -0.4 is 15.5 Å². The normalized spacial score (nSPS) is 15.4. The molecule has 2 heterocycles. The molecule has 0 bridgehead atoms. The number of para-hydroxylation sites is 1. The van der Waals surface area contributed by atoms with Crippen LogP contribution in [-0.4, -0.2) is 53.7 Å². The van der Waals surface area contributed by atoms with Crippen LogP contribution in [0.2, 0.25) is 0 Å². The minimum Gasteiger partial charge on any atom is -0.378 e. The van der Waals surface area contributed by atoms with Crippen molar-refractivity contribution in [3.05, 3.63) is 54.1 Å². The van der Waals surface area contributed by atoms with Crippen LogP contribution in [0.4, 0.5) is 21.3 Å². The summed E-state index contributed by atoms with van der Waals surface area (Å²) in [7, 11) is 3.98. The molecule has 33 heavy (non-hydrogen) atoms. The largest absolute Gasteiger partial charge is 0.378 e. The number of aryl methyl sites for hydroxylation is 1. The molecule has 1 atom stereocenters. The molecule has 1 aromatic heterocycles. The molecule has 0 radical (unpaired) electrons. The van der Waals surface area contributed by atoms with Crippen LogP contribution in [0.5, 0.6) is 0 Å². The number of nitrogens with zero attached hydrogens (tertiary/aromatic N) is 4. The number of amides is 3. The van der Waals surface area contributed by atoms with Crippen molar-refractivity contribution in [2.24, 2.45) is 0 Å². The third-order valence-electron chi connectivity index (χ3n) is 5.74. The van der Waals surface area contributed by atoms with Crippen molar-refractivity contribution in [3.8, 4) is 10.6 Å². The molecule has 4 rings (SSSR count). The van der Waals surface area contributed by atoms with E-state index in [-0.39, 0.29) is 11.9 Å². The molecule has 1 saturated heterocycles. The van der Waals surface area contributed by atoms with Crippen LogP contribution in [0.3, 0.4) is 0 Å². The summed E-state index contributed by atoms with van der Waals surface area (Å²) in [5.41, 5.74) is 3.88. The van der Waals surface area contributed by atoms with Gasteiger partial charge in [0.25, 0.3) is 0 Å². The fourth-order valence-corrected chi connectivity index (χ4v) is 4.65. The van der Waals surface area contributed by atoms with Crippen LogP contribution in [0.15, 0.2) is 48.5 Å². The lowest BCUT2D eigenvalue weighted by Gasteiger charge is -2.24. The smallest absolute Gasteiger partial charge is 0.322 e. The number of urea groups is 1. The Balaban J connectivity index is 1.41. The topological polar surface area (TPSA) is 90.5 Å². The Morgan fingerprint density at radius 2 is 1.85 bits per heavy atom. The Labute approximate surface area is 197 Å². The summed E-state index contributed by atoms with van der Waals surface area (Å²) >= 11 is 1.32. The van der Waals surface area contributed by atoms with Crippen molar-refractivity contribution >= 4 is 39.8 Å². The first-order valence-electron chi connectivity index (χ1n) is 11.0. The van der Waals surface area contributed by atoms with Gasteiger partial charge in [0.2, 0.25) is 11.0 Å². The van der Waals surface area contributed by atoms with Crippen molar-refractivity contribution in [1.82, 2.24) is 15.1 Å². The Morgan fingerprint density at radius 3 is 2.58 bits per heavy atom. The van der Waals surface area contributed by atoms with Crippen molar-refractivity contribution in [1.29, 1.82) is 0 Å². The molecule has 172 valence electrons. The van der Waals surface area contributed by atoms with Gasteiger partial charge < -0.3 is 15.1 Å². The van der Waals surface area contributed by atoms with E-state index < -0.39 is 6.04 Å². The highest BCUT2D eigenvalue weighted by Gasteiger charge is 2.34. The van der Waals surface area contributed by atoms with E-state index in [1.165, 1.54) is 11.3 Å². The molecule has 1 fully saturated rings. The highest BCUT2D eigenvalue weighted by molar-refractivity contribution is 7.18. The number of hydrogen-bond donors (Lipinski definition) is 2. The van der Waals surface area contributed by atoms with E-state index in [0.717, 1.165) is 40.4 Å². The van der Waals surface area contributed by atoms with Gasteiger partial charge in [0, 0.05) is 37.6 Å². The molecule has 9 heteroatoms. The number of hydrogen-bond acceptors (Lipinski definition) is 6. The van der Waals surface area contributed by atoms with Gasteiger partial charge in [0.1, 0.15) is 11.0 Å². The number of nitrogens with one attached hydrogen (secondary N) is 2. The van der Waals surface area contributed by atoms with Gasteiger partial charge in [0.05, 0.1) is 0 Å². The third-order valence-corrected chi connectivity index (χ3v) is 6.63. The molecule has 0 spiro atoms. The Bertz CT molecular complexity index is 1130. The number of likely N-dealkylation sites (tertiary alicyclic amines) is 1. The number of carbonyl (C=O) groups is 2. The van der Waals surface area contributed by atoms with Crippen LogP contribution in [0, 0.1) is 0 Å². The van der Waals surface area contributed by atoms with E-state index in [1.54, 1.807) is 4.90 Å². The van der Waals surface area contributed by atoms with Gasteiger partial charge in [-0.25, -0.2) is 4.79 Å². The summed E-state index contributed by atoms with van der Waals surface area (Å²) < 4.78 is 0. The van der Waals surface area contributed by atoms with Crippen molar-refractivity contribution in [2.45, 2.75) is 32.2 Å².